The predicted molar refractivity (Wildman–Crippen MR) is 84.5 cm³/mol. The summed E-state index contributed by atoms with van der Waals surface area (Å²) in [6.45, 7) is 0. The molecule has 0 saturated heterocycles. The minimum absolute atomic E-state index is 0.0295. The Balaban J connectivity index is 1.97. The van der Waals surface area contributed by atoms with Crippen LogP contribution in [0, 0.1) is 0 Å². The third kappa shape index (κ3) is 3.31. The van der Waals surface area contributed by atoms with Gasteiger partial charge in [0.1, 0.15) is 0 Å². The predicted octanol–water partition coefficient (Wildman–Crippen LogP) is 1.62. The molecule has 2 radical (unpaired) electrons. The number of aromatic nitrogens is 2. The summed E-state index contributed by atoms with van der Waals surface area (Å²) in [6, 6.07) is 19.4. The second-order valence-electron chi connectivity index (χ2n) is 4.75. The van der Waals surface area contributed by atoms with Gasteiger partial charge < -0.3 is 0 Å². The first-order valence-electron chi connectivity index (χ1n) is 6.64. The topological polar surface area (TPSA) is 34.9 Å². The molecular formula is C17H13AsN2O. The molecule has 0 atom stereocenters. The molecule has 0 saturated carbocycles. The summed E-state index contributed by atoms with van der Waals surface area (Å²) in [5.74, 6) is 0. The Morgan fingerprint density at radius 2 is 1.81 bits per heavy atom. The van der Waals surface area contributed by atoms with E-state index in [9.17, 15) is 4.79 Å². The van der Waals surface area contributed by atoms with Crippen LogP contribution in [-0.4, -0.2) is 26.6 Å². The number of hydrogen-bond donors (Lipinski definition) is 0. The zero-order chi connectivity index (χ0) is 14.7. The van der Waals surface area contributed by atoms with Gasteiger partial charge in [-0.1, -0.05) is 0 Å². The molecule has 0 aliphatic carbocycles. The standard InChI is InChI=1S/C17H13AsN2O/c18-14-6-4-5-13(11-14)12-16-17(21)9-10-20(19-16)15-7-2-1-3-8-15/h1-11H,12H2. The molecule has 0 aliphatic heterocycles. The Bertz CT molecular complexity index is 812. The quantitative estimate of drug-likeness (QED) is 0.682. The fourth-order valence-electron chi connectivity index (χ4n) is 2.15. The van der Waals surface area contributed by atoms with Crippen molar-refractivity contribution < 1.29 is 0 Å². The monoisotopic (exact) mass is 336 g/mol. The zero-order valence-corrected chi connectivity index (χ0v) is 13.2. The summed E-state index contributed by atoms with van der Waals surface area (Å²) in [7, 11) is 0. The van der Waals surface area contributed by atoms with E-state index in [0.29, 0.717) is 12.1 Å². The molecule has 102 valence electrons. The van der Waals surface area contributed by atoms with Crippen molar-refractivity contribution in [2.45, 2.75) is 6.42 Å². The molecular weight excluding hydrogens is 323 g/mol. The summed E-state index contributed by atoms with van der Waals surface area (Å²) in [5, 5.41) is 4.47. The molecule has 21 heavy (non-hydrogen) atoms. The summed E-state index contributed by atoms with van der Waals surface area (Å²) >= 11 is 2.51. The van der Waals surface area contributed by atoms with Crippen molar-refractivity contribution in [2.75, 3.05) is 0 Å². The normalized spacial score (nSPS) is 10.5. The van der Waals surface area contributed by atoms with Crippen LogP contribution in [0.2, 0.25) is 0 Å². The van der Waals surface area contributed by atoms with E-state index in [4.69, 9.17) is 0 Å². The molecule has 3 rings (SSSR count). The van der Waals surface area contributed by atoms with Crippen molar-refractivity contribution in [2.24, 2.45) is 0 Å². The Hall–Kier alpha value is -2.12. The van der Waals surface area contributed by atoms with E-state index in [1.807, 2.05) is 48.5 Å². The Labute approximate surface area is 131 Å². The van der Waals surface area contributed by atoms with Crippen molar-refractivity contribution in [3.63, 3.8) is 0 Å². The van der Waals surface area contributed by atoms with Crippen LogP contribution < -0.4 is 9.78 Å². The van der Waals surface area contributed by atoms with E-state index in [0.717, 1.165) is 15.6 Å². The fraction of sp³-hybridized carbons (Fsp3) is 0.0588. The number of rotatable bonds is 3. The molecule has 1 heterocycles. The van der Waals surface area contributed by atoms with Gasteiger partial charge in [0.15, 0.2) is 0 Å². The first-order valence-corrected chi connectivity index (χ1v) is 7.58. The van der Waals surface area contributed by atoms with E-state index >= 15 is 0 Å². The summed E-state index contributed by atoms with van der Waals surface area (Å²) in [4.78, 5) is 12.0. The molecule has 0 bridgehead atoms. The maximum atomic E-state index is 12.0. The number of benzene rings is 2. The van der Waals surface area contributed by atoms with Crippen LogP contribution in [0.5, 0.6) is 0 Å². The first kappa shape index (κ1) is 13.8. The van der Waals surface area contributed by atoms with Gasteiger partial charge in [-0.25, -0.2) is 0 Å². The minimum atomic E-state index is -0.0295. The van der Waals surface area contributed by atoms with Gasteiger partial charge in [0.2, 0.25) is 0 Å². The molecule has 2 aromatic carbocycles. The van der Waals surface area contributed by atoms with Gasteiger partial charge in [-0.05, 0) is 0 Å². The van der Waals surface area contributed by atoms with Crippen LogP contribution in [0.4, 0.5) is 0 Å². The Kier molecular flexibility index (Phi) is 4.03. The van der Waals surface area contributed by atoms with Crippen LogP contribution in [0.25, 0.3) is 5.69 Å². The molecule has 4 heteroatoms. The van der Waals surface area contributed by atoms with Gasteiger partial charge >= 0.3 is 131 Å². The van der Waals surface area contributed by atoms with Gasteiger partial charge in [-0.15, -0.1) is 0 Å². The van der Waals surface area contributed by atoms with E-state index in [2.05, 4.69) is 28.0 Å². The van der Waals surface area contributed by atoms with E-state index in [1.54, 1.807) is 16.9 Å². The molecule has 3 aromatic rings. The molecule has 0 spiro atoms. The van der Waals surface area contributed by atoms with Crippen LogP contribution in [0.1, 0.15) is 11.3 Å². The summed E-state index contributed by atoms with van der Waals surface area (Å²) < 4.78 is 2.86. The molecule has 3 nitrogen and oxygen atoms in total. The van der Waals surface area contributed by atoms with Crippen molar-refractivity contribution in [3.8, 4) is 5.69 Å². The van der Waals surface area contributed by atoms with Gasteiger partial charge in [-0.2, -0.15) is 0 Å². The molecule has 0 unspecified atom stereocenters. The van der Waals surface area contributed by atoms with E-state index in [-0.39, 0.29) is 5.43 Å². The van der Waals surface area contributed by atoms with Gasteiger partial charge in [0.25, 0.3) is 0 Å². The summed E-state index contributed by atoms with van der Waals surface area (Å²) in [6.07, 6.45) is 2.24. The second-order valence-corrected chi connectivity index (χ2v) is 5.84. The van der Waals surface area contributed by atoms with Gasteiger partial charge in [-0.3, -0.25) is 0 Å². The first-order chi connectivity index (χ1) is 10.2. The van der Waals surface area contributed by atoms with E-state index in [1.165, 1.54) is 0 Å². The number of para-hydroxylation sites is 1. The SMILES string of the molecule is O=c1ccn(-c2ccccc2)nc1Cc1cccc([As])c1. The van der Waals surface area contributed by atoms with Gasteiger partial charge in [0.05, 0.1) is 0 Å². The van der Waals surface area contributed by atoms with Crippen LogP contribution >= 0.6 is 0 Å². The third-order valence-corrected chi connectivity index (χ3v) is 3.77. The molecule has 1 aromatic heterocycles. The molecule has 0 N–H and O–H groups in total. The molecule has 0 aliphatic rings. The Morgan fingerprint density at radius 1 is 1.00 bits per heavy atom. The second kappa shape index (κ2) is 6.11. The van der Waals surface area contributed by atoms with Crippen molar-refractivity contribution >= 4 is 21.2 Å². The maximum absolute atomic E-state index is 12.0. The van der Waals surface area contributed by atoms with Crippen molar-refractivity contribution in [3.05, 3.63) is 88.3 Å². The van der Waals surface area contributed by atoms with Gasteiger partial charge in [0, 0.05) is 0 Å². The average Bonchev–Trinajstić information content (AvgIpc) is 2.50. The number of hydrogen-bond acceptors (Lipinski definition) is 2. The summed E-state index contributed by atoms with van der Waals surface area (Å²) in [5.41, 5.74) is 2.56. The fourth-order valence-corrected chi connectivity index (χ4v) is 2.68. The number of nitrogens with zero attached hydrogens (tertiary/aromatic N) is 2. The van der Waals surface area contributed by atoms with Crippen LogP contribution in [-0.2, 0) is 6.42 Å². The van der Waals surface area contributed by atoms with Crippen LogP contribution in [0.15, 0.2) is 71.7 Å². The Morgan fingerprint density at radius 3 is 2.57 bits per heavy atom. The van der Waals surface area contributed by atoms with E-state index < -0.39 is 0 Å². The zero-order valence-electron chi connectivity index (χ0n) is 11.3. The van der Waals surface area contributed by atoms with Crippen molar-refractivity contribution in [1.29, 1.82) is 0 Å². The van der Waals surface area contributed by atoms with Crippen LogP contribution in [0.3, 0.4) is 0 Å². The average molecular weight is 336 g/mol. The third-order valence-electron chi connectivity index (χ3n) is 3.18. The molecule has 0 fully saturated rings. The van der Waals surface area contributed by atoms with Crippen molar-refractivity contribution in [1.82, 2.24) is 9.78 Å². The molecule has 0 amide bonds.